The van der Waals surface area contributed by atoms with Gasteiger partial charge in [0, 0.05) is 0 Å². The average molecular weight is 285 g/mol. The maximum absolute atomic E-state index is 12.2. The largest absolute Gasteiger partial charge is 0.394 e. The molecule has 0 fully saturated rings. The smallest absolute Gasteiger partial charge is 0.241 e. The Morgan fingerprint density at radius 3 is 2.16 bits per heavy atom. The van der Waals surface area contributed by atoms with Gasteiger partial charge in [0.1, 0.15) is 0 Å². The second kappa shape index (κ2) is 6.03. The molecule has 0 aliphatic carbocycles. The van der Waals surface area contributed by atoms with Crippen LogP contribution in [0.25, 0.3) is 0 Å². The Bertz CT molecular complexity index is 502. The van der Waals surface area contributed by atoms with Crippen LogP contribution in [-0.4, -0.2) is 25.7 Å². The van der Waals surface area contributed by atoms with Gasteiger partial charge in [-0.3, -0.25) is 0 Å². The van der Waals surface area contributed by atoms with Crippen molar-refractivity contribution in [3.05, 3.63) is 29.8 Å². The van der Waals surface area contributed by atoms with Gasteiger partial charge in [0.15, 0.2) is 0 Å². The number of aliphatic hydroxyl groups excluding tert-OH is 1. The second-order valence-electron chi connectivity index (χ2n) is 5.40. The first-order valence-corrected chi connectivity index (χ1v) is 7.97. The monoisotopic (exact) mass is 285 g/mol. The van der Waals surface area contributed by atoms with E-state index in [1.165, 1.54) is 0 Å². The van der Waals surface area contributed by atoms with Gasteiger partial charge in [0.05, 0.1) is 17.0 Å². The molecule has 0 spiro atoms. The molecule has 0 aliphatic rings. The van der Waals surface area contributed by atoms with Crippen LogP contribution in [0.2, 0.25) is 0 Å². The predicted octanol–water partition coefficient (Wildman–Crippen LogP) is 2.25. The predicted molar refractivity (Wildman–Crippen MR) is 76.6 cm³/mol. The fraction of sp³-hybridized carbons (Fsp3) is 0.571. The fourth-order valence-corrected chi connectivity index (χ4v) is 3.10. The highest BCUT2D eigenvalue weighted by Crippen LogP contribution is 2.19. The lowest BCUT2D eigenvalue weighted by Gasteiger charge is -2.26. The third-order valence-electron chi connectivity index (χ3n) is 3.37. The molecule has 0 aromatic heterocycles. The normalized spacial score (nSPS) is 15.5. The Labute approximate surface area is 115 Å². The van der Waals surface area contributed by atoms with Crippen molar-refractivity contribution in [2.24, 2.45) is 0 Å². The van der Waals surface area contributed by atoms with Crippen LogP contribution in [0.3, 0.4) is 0 Å². The number of hydrogen-bond acceptors (Lipinski definition) is 3. The number of aliphatic hydroxyl groups is 1. The van der Waals surface area contributed by atoms with Gasteiger partial charge < -0.3 is 5.11 Å². The molecule has 19 heavy (non-hydrogen) atoms. The molecular formula is C14H23NO3S. The zero-order valence-electron chi connectivity index (χ0n) is 12.0. The topological polar surface area (TPSA) is 66.4 Å². The highest BCUT2D eigenvalue weighted by atomic mass is 32.2. The van der Waals surface area contributed by atoms with E-state index in [4.69, 9.17) is 0 Å². The summed E-state index contributed by atoms with van der Waals surface area (Å²) in [5.41, 5.74) is 0.273. The number of benzene rings is 1. The minimum absolute atomic E-state index is 0.227. The van der Waals surface area contributed by atoms with Gasteiger partial charge in [-0.15, -0.1) is 0 Å². The summed E-state index contributed by atoms with van der Waals surface area (Å²) in [6.45, 7) is 7.41. The van der Waals surface area contributed by atoms with Crippen molar-refractivity contribution in [3.63, 3.8) is 0 Å². The van der Waals surface area contributed by atoms with Crippen LogP contribution in [0.4, 0.5) is 0 Å². The summed E-state index contributed by atoms with van der Waals surface area (Å²) < 4.78 is 27.0. The molecule has 1 aromatic rings. The maximum atomic E-state index is 12.2. The zero-order valence-corrected chi connectivity index (χ0v) is 12.8. The molecule has 0 saturated heterocycles. The molecule has 108 valence electrons. The highest BCUT2D eigenvalue weighted by molar-refractivity contribution is 7.89. The Kier molecular flexibility index (Phi) is 5.12. The van der Waals surface area contributed by atoms with E-state index in [0.717, 1.165) is 5.56 Å². The first-order chi connectivity index (χ1) is 8.74. The van der Waals surface area contributed by atoms with E-state index in [2.05, 4.69) is 18.6 Å². The van der Waals surface area contributed by atoms with Gasteiger partial charge in [-0.2, -0.15) is 0 Å². The summed E-state index contributed by atoms with van der Waals surface area (Å²) in [7, 11) is -3.59. The molecule has 0 radical (unpaired) electrons. The maximum Gasteiger partial charge on any atom is 0.241 e. The standard InChI is InChI=1S/C14H23NO3S/c1-5-14(4,10-16)15-19(17,18)13-8-6-12(7-9-13)11(2)3/h6-9,11,15-16H,5,10H2,1-4H3. The third-order valence-corrected chi connectivity index (χ3v) is 5.02. The van der Waals surface area contributed by atoms with Gasteiger partial charge in [0.2, 0.25) is 10.0 Å². The van der Waals surface area contributed by atoms with E-state index in [1.54, 1.807) is 19.1 Å². The van der Waals surface area contributed by atoms with Crippen LogP contribution in [-0.2, 0) is 10.0 Å². The van der Waals surface area contributed by atoms with Crippen LogP contribution in [0.1, 0.15) is 45.6 Å². The minimum Gasteiger partial charge on any atom is -0.394 e. The summed E-state index contributed by atoms with van der Waals surface area (Å²) in [6.07, 6.45) is 0.521. The Hall–Kier alpha value is -0.910. The van der Waals surface area contributed by atoms with Crippen LogP contribution in [0.5, 0.6) is 0 Å². The Balaban J connectivity index is 3.01. The minimum atomic E-state index is -3.59. The molecule has 0 heterocycles. The van der Waals surface area contributed by atoms with E-state index in [9.17, 15) is 13.5 Å². The highest BCUT2D eigenvalue weighted by Gasteiger charge is 2.28. The Morgan fingerprint density at radius 2 is 1.79 bits per heavy atom. The van der Waals surface area contributed by atoms with Gasteiger partial charge in [0.25, 0.3) is 0 Å². The molecular weight excluding hydrogens is 262 g/mol. The summed E-state index contributed by atoms with van der Waals surface area (Å²) in [6, 6.07) is 6.85. The third kappa shape index (κ3) is 4.03. The molecule has 4 nitrogen and oxygen atoms in total. The quantitative estimate of drug-likeness (QED) is 0.842. The zero-order chi connectivity index (χ0) is 14.7. The van der Waals surface area contributed by atoms with Crippen LogP contribution < -0.4 is 4.72 Å². The molecule has 0 saturated carbocycles. The van der Waals surface area contributed by atoms with Crippen LogP contribution in [0, 0.1) is 0 Å². The first kappa shape index (κ1) is 16.1. The molecule has 1 aromatic carbocycles. The van der Waals surface area contributed by atoms with E-state index < -0.39 is 15.6 Å². The number of sulfonamides is 1. The molecule has 1 rings (SSSR count). The van der Waals surface area contributed by atoms with Crippen molar-refractivity contribution < 1.29 is 13.5 Å². The van der Waals surface area contributed by atoms with Crippen molar-refractivity contribution in [2.45, 2.75) is 50.5 Å². The molecule has 5 heteroatoms. The van der Waals surface area contributed by atoms with Gasteiger partial charge in [-0.25, -0.2) is 13.1 Å². The fourth-order valence-electron chi connectivity index (χ4n) is 1.63. The first-order valence-electron chi connectivity index (χ1n) is 6.49. The number of nitrogens with one attached hydrogen (secondary N) is 1. The summed E-state index contributed by atoms with van der Waals surface area (Å²) in [5, 5.41) is 9.29. The molecule has 2 N–H and O–H groups in total. The van der Waals surface area contributed by atoms with E-state index in [0.29, 0.717) is 12.3 Å². The number of hydrogen-bond donors (Lipinski definition) is 2. The van der Waals surface area contributed by atoms with Gasteiger partial charge in [-0.05, 0) is 37.0 Å². The van der Waals surface area contributed by atoms with Gasteiger partial charge in [-0.1, -0.05) is 32.9 Å². The van der Waals surface area contributed by atoms with Crippen molar-refractivity contribution in [2.75, 3.05) is 6.61 Å². The average Bonchev–Trinajstić information content (AvgIpc) is 2.38. The van der Waals surface area contributed by atoms with E-state index in [1.807, 2.05) is 19.1 Å². The lowest BCUT2D eigenvalue weighted by molar-refractivity contribution is 0.191. The summed E-state index contributed by atoms with van der Waals surface area (Å²) in [4.78, 5) is 0.227. The van der Waals surface area contributed by atoms with Crippen molar-refractivity contribution in [3.8, 4) is 0 Å². The van der Waals surface area contributed by atoms with Crippen molar-refractivity contribution in [1.82, 2.24) is 4.72 Å². The van der Waals surface area contributed by atoms with E-state index in [-0.39, 0.29) is 11.5 Å². The molecule has 0 aliphatic heterocycles. The lowest BCUT2D eigenvalue weighted by atomic mass is 10.0. The SMILES string of the molecule is CCC(C)(CO)NS(=O)(=O)c1ccc(C(C)C)cc1. The summed E-state index contributed by atoms with van der Waals surface area (Å²) >= 11 is 0. The van der Waals surface area contributed by atoms with Crippen LogP contribution >= 0.6 is 0 Å². The van der Waals surface area contributed by atoms with Crippen molar-refractivity contribution >= 4 is 10.0 Å². The molecule has 0 bridgehead atoms. The van der Waals surface area contributed by atoms with Crippen LogP contribution in [0.15, 0.2) is 29.2 Å². The molecule has 1 atom stereocenters. The molecule has 0 amide bonds. The molecule has 1 unspecified atom stereocenters. The number of rotatable bonds is 6. The van der Waals surface area contributed by atoms with E-state index >= 15 is 0 Å². The Morgan fingerprint density at radius 1 is 1.26 bits per heavy atom. The van der Waals surface area contributed by atoms with Gasteiger partial charge >= 0.3 is 0 Å². The second-order valence-corrected chi connectivity index (χ2v) is 7.08. The lowest BCUT2D eigenvalue weighted by Crippen LogP contribution is -2.48. The summed E-state index contributed by atoms with van der Waals surface area (Å²) in [5.74, 6) is 0.364. The van der Waals surface area contributed by atoms with Crippen molar-refractivity contribution in [1.29, 1.82) is 0 Å².